The van der Waals surface area contributed by atoms with Gasteiger partial charge in [-0.2, -0.15) is 0 Å². The molecule has 0 fully saturated rings. The predicted octanol–water partition coefficient (Wildman–Crippen LogP) is 6.15. The molecular formula is C25H24FN5O2S. The number of anilines is 5. The van der Waals surface area contributed by atoms with Gasteiger partial charge in [-0.1, -0.05) is 17.4 Å². The summed E-state index contributed by atoms with van der Waals surface area (Å²) in [4.78, 5) is 23.9. The Morgan fingerprint density at radius 2 is 1.76 bits per heavy atom. The minimum Gasteiger partial charge on any atom is -0.508 e. The van der Waals surface area contributed by atoms with Gasteiger partial charge in [0.2, 0.25) is 0 Å². The van der Waals surface area contributed by atoms with Crippen molar-refractivity contribution in [1.82, 2.24) is 9.97 Å². The van der Waals surface area contributed by atoms with Gasteiger partial charge in [0, 0.05) is 17.8 Å². The van der Waals surface area contributed by atoms with E-state index in [4.69, 9.17) is 0 Å². The van der Waals surface area contributed by atoms with E-state index in [9.17, 15) is 14.3 Å². The zero-order chi connectivity index (χ0) is 24.2. The van der Waals surface area contributed by atoms with Gasteiger partial charge in [0.05, 0.1) is 23.8 Å². The van der Waals surface area contributed by atoms with Gasteiger partial charge in [0.1, 0.15) is 22.3 Å². The number of carbonyl (C=O) groups is 1. The highest BCUT2D eigenvalue weighted by Crippen LogP contribution is 2.30. The number of halogens is 1. The quantitative estimate of drug-likeness (QED) is 0.296. The zero-order valence-electron chi connectivity index (χ0n) is 19.0. The predicted molar refractivity (Wildman–Crippen MR) is 134 cm³/mol. The number of rotatable bonds is 7. The van der Waals surface area contributed by atoms with Crippen LogP contribution in [0.25, 0.3) is 0 Å². The lowest BCUT2D eigenvalue weighted by molar-refractivity contribution is 0.103. The van der Waals surface area contributed by atoms with E-state index in [-0.39, 0.29) is 17.5 Å². The van der Waals surface area contributed by atoms with Gasteiger partial charge in [0.25, 0.3) is 5.91 Å². The summed E-state index contributed by atoms with van der Waals surface area (Å²) in [7, 11) is 0. The Balaban J connectivity index is 1.44. The van der Waals surface area contributed by atoms with Crippen LogP contribution < -0.4 is 15.5 Å². The molecule has 7 nitrogen and oxygen atoms in total. The molecule has 2 aromatic heterocycles. The van der Waals surface area contributed by atoms with Crippen molar-refractivity contribution >= 4 is 45.3 Å². The summed E-state index contributed by atoms with van der Waals surface area (Å²) in [6.07, 6.45) is 3.22. The second kappa shape index (κ2) is 9.88. The Bertz CT molecular complexity index is 1310. The molecule has 2 heterocycles. The van der Waals surface area contributed by atoms with Crippen LogP contribution in [0.3, 0.4) is 0 Å². The van der Waals surface area contributed by atoms with Gasteiger partial charge in [-0.15, -0.1) is 0 Å². The number of thiazole rings is 1. The number of hydrogen-bond donors (Lipinski definition) is 3. The normalized spacial score (nSPS) is 10.7. The summed E-state index contributed by atoms with van der Waals surface area (Å²) >= 11 is 1.20. The van der Waals surface area contributed by atoms with Gasteiger partial charge in [-0.3, -0.25) is 4.79 Å². The van der Waals surface area contributed by atoms with E-state index in [1.54, 1.807) is 37.4 Å². The first-order chi connectivity index (χ1) is 16.4. The van der Waals surface area contributed by atoms with Crippen LogP contribution in [0.4, 0.5) is 32.4 Å². The topological polar surface area (TPSA) is 90.4 Å². The van der Waals surface area contributed by atoms with Crippen molar-refractivity contribution in [2.75, 3.05) is 22.1 Å². The van der Waals surface area contributed by atoms with Crippen LogP contribution in [-0.4, -0.2) is 27.5 Å². The molecule has 0 saturated heterocycles. The van der Waals surface area contributed by atoms with Crippen LogP contribution in [0, 0.1) is 19.7 Å². The van der Waals surface area contributed by atoms with Crippen molar-refractivity contribution in [3.05, 3.63) is 82.7 Å². The fourth-order valence-corrected chi connectivity index (χ4v) is 4.22. The molecule has 0 aliphatic carbocycles. The first-order valence-corrected chi connectivity index (χ1v) is 11.5. The average Bonchev–Trinajstić information content (AvgIpc) is 3.30. The Kier molecular flexibility index (Phi) is 6.74. The highest BCUT2D eigenvalue weighted by molar-refractivity contribution is 7.17. The maximum absolute atomic E-state index is 13.2. The molecule has 174 valence electrons. The third-order valence-corrected chi connectivity index (χ3v) is 6.27. The SMILES string of the molecule is CCN(c1ccc(F)cc1)c1ccc(Nc2ncc(C(=O)Nc3c(C)ccc(O)c3C)s2)nc1. The Labute approximate surface area is 200 Å². The largest absolute Gasteiger partial charge is 0.508 e. The number of phenols is 1. The van der Waals surface area contributed by atoms with E-state index < -0.39 is 0 Å². The maximum Gasteiger partial charge on any atom is 0.267 e. The molecular weight excluding hydrogens is 453 g/mol. The highest BCUT2D eigenvalue weighted by atomic mass is 32.1. The first kappa shape index (κ1) is 23.2. The molecule has 0 saturated carbocycles. The van der Waals surface area contributed by atoms with Gasteiger partial charge in [-0.05, 0) is 68.8 Å². The fraction of sp³-hybridized carbons (Fsp3) is 0.160. The summed E-state index contributed by atoms with van der Waals surface area (Å²) in [6.45, 7) is 6.33. The molecule has 3 N–H and O–H groups in total. The van der Waals surface area contributed by atoms with Crippen LogP contribution in [0.15, 0.2) is 60.9 Å². The standard InChI is InChI=1S/C25H24FN5O2S/c1-4-31(18-8-6-17(26)7-9-18)19-10-12-22(27-13-19)29-25-28-14-21(34-25)24(33)30-23-15(2)5-11-20(32)16(23)3/h5-14,32H,4H2,1-3H3,(H,30,33)(H,27,28,29). The minimum atomic E-state index is -0.302. The summed E-state index contributed by atoms with van der Waals surface area (Å²) in [5.74, 6) is 0.132. The lowest BCUT2D eigenvalue weighted by Crippen LogP contribution is -2.16. The third-order valence-electron chi connectivity index (χ3n) is 5.36. The number of phenolic OH excluding ortho intramolecular Hbond substituents is 1. The van der Waals surface area contributed by atoms with Crippen molar-refractivity contribution < 1.29 is 14.3 Å². The molecule has 0 atom stereocenters. The smallest absolute Gasteiger partial charge is 0.267 e. The Morgan fingerprint density at radius 3 is 2.44 bits per heavy atom. The summed E-state index contributed by atoms with van der Waals surface area (Å²) in [6, 6.07) is 13.4. The van der Waals surface area contributed by atoms with E-state index in [1.165, 1.54) is 29.7 Å². The monoisotopic (exact) mass is 477 g/mol. The number of hydrogen-bond acceptors (Lipinski definition) is 7. The summed E-state index contributed by atoms with van der Waals surface area (Å²) in [5.41, 5.74) is 3.81. The molecule has 0 aliphatic heterocycles. The van der Waals surface area contributed by atoms with Crippen LogP contribution >= 0.6 is 11.3 Å². The second-order valence-corrected chi connectivity index (χ2v) is 8.66. The summed E-state index contributed by atoms with van der Waals surface area (Å²) in [5, 5.41) is 16.4. The molecule has 9 heteroatoms. The molecule has 0 radical (unpaired) electrons. The molecule has 34 heavy (non-hydrogen) atoms. The van der Waals surface area contributed by atoms with E-state index in [0.29, 0.717) is 33.6 Å². The van der Waals surface area contributed by atoms with Crippen molar-refractivity contribution in [1.29, 1.82) is 0 Å². The number of nitrogens with zero attached hydrogens (tertiary/aromatic N) is 3. The van der Waals surface area contributed by atoms with Crippen molar-refractivity contribution in [2.45, 2.75) is 20.8 Å². The lowest BCUT2D eigenvalue weighted by Gasteiger charge is -2.23. The van der Waals surface area contributed by atoms with E-state index in [1.807, 2.05) is 30.9 Å². The average molecular weight is 478 g/mol. The minimum absolute atomic E-state index is 0.128. The molecule has 0 bridgehead atoms. The third kappa shape index (κ3) is 4.99. The number of amides is 1. The molecule has 2 aromatic carbocycles. The molecule has 1 amide bonds. The van der Waals surface area contributed by atoms with Crippen molar-refractivity contribution in [2.24, 2.45) is 0 Å². The Hall–Kier alpha value is -3.98. The highest BCUT2D eigenvalue weighted by Gasteiger charge is 2.15. The van der Waals surface area contributed by atoms with E-state index >= 15 is 0 Å². The van der Waals surface area contributed by atoms with Gasteiger partial charge < -0.3 is 20.6 Å². The second-order valence-electron chi connectivity index (χ2n) is 7.63. The fourth-order valence-electron chi connectivity index (χ4n) is 3.50. The summed E-state index contributed by atoms with van der Waals surface area (Å²) < 4.78 is 13.2. The van der Waals surface area contributed by atoms with Crippen LogP contribution in [-0.2, 0) is 0 Å². The number of aromatic hydroxyl groups is 1. The number of benzene rings is 2. The van der Waals surface area contributed by atoms with Crippen LogP contribution in [0.2, 0.25) is 0 Å². The molecule has 0 aliphatic rings. The first-order valence-electron chi connectivity index (χ1n) is 10.7. The molecule has 0 unspecified atom stereocenters. The number of aryl methyl sites for hydroxylation is 1. The number of carbonyl (C=O) groups excluding carboxylic acids is 1. The van der Waals surface area contributed by atoms with Crippen LogP contribution in [0.5, 0.6) is 5.75 Å². The van der Waals surface area contributed by atoms with E-state index in [0.717, 1.165) is 16.9 Å². The van der Waals surface area contributed by atoms with Gasteiger partial charge in [0.15, 0.2) is 5.13 Å². The molecule has 4 aromatic rings. The van der Waals surface area contributed by atoms with Gasteiger partial charge >= 0.3 is 0 Å². The van der Waals surface area contributed by atoms with Crippen molar-refractivity contribution in [3.63, 3.8) is 0 Å². The number of pyridine rings is 1. The zero-order valence-corrected chi connectivity index (χ0v) is 19.8. The molecule has 4 rings (SSSR count). The number of aromatic nitrogens is 2. The van der Waals surface area contributed by atoms with Crippen LogP contribution in [0.1, 0.15) is 27.7 Å². The lowest BCUT2D eigenvalue weighted by atomic mass is 10.1. The maximum atomic E-state index is 13.2. The Morgan fingerprint density at radius 1 is 1.03 bits per heavy atom. The number of nitrogens with one attached hydrogen (secondary N) is 2. The van der Waals surface area contributed by atoms with Crippen molar-refractivity contribution in [3.8, 4) is 5.75 Å². The molecule has 0 spiro atoms. The van der Waals surface area contributed by atoms with E-state index in [2.05, 4.69) is 20.6 Å². The van der Waals surface area contributed by atoms with Gasteiger partial charge in [-0.25, -0.2) is 14.4 Å².